The van der Waals surface area contributed by atoms with Crippen molar-refractivity contribution in [3.05, 3.63) is 0 Å². The number of halogens is 3. The average molecular weight is 212 g/mol. The molecule has 0 bridgehead atoms. The van der Waals surface area contributed by atoms with Crippen LogP contribution in [0.25, 0.3) is 0 Å². The Morgan fingerprint density at radius 1 is 1.00 bits per heavy atom. The van der Waals surface area contributed by atoms with Gasteiger partial charge in [0.2, 0.25) is 0 Å². The second kappa shape index (κ2) is 16.4. The van der Waals surface area contributed by atoms with E-state index in [1.807, 2.05) is 0 Å². The van der Waals surface area contributed by atoms with Crippen LogP contribution in [-0.4, -0.2) is 27.7 Å². The zero-order valence-electron chi connectivity index (χ0n) is 6.18. The molecule has 0 spiro atoms. The Balaban J connectivity index is -0.0000000787. The maximum atomic E-state index is 8.06. The van der Waals surface area contributed by atoms with Gasteiger partial charge in [0.1, 0.15) is 0 Å². The van der Waals surface area contributed by atoms with Gasteiger partial charge in [0.15, 0.2) is 4.30 Å². The minimum Gasteiger partial charge on any atom is -0.400 e. The van der Waals surface area contributed by atoms with Crippen molar-refractivity contribution >= 4 is 34.8 Å². The standard InChI is InChI=1S/C3H8O.CHCl3.CH4O/c1-3(2)4;2-1(3)4;1-2/h3-4H,1-2H3;1H;2H,1H3. The van der Waals surface area contributed by atoms with Gasteiger partial charge in [0, 0.05) is 13.2 Å². The molecule has 0 unspecified atom stereocenters. The van der Waals surface area contributed by atoms with Gasteiger partial charge < -0.3 is 10.2 Å². The Labute approximate surface area is 76.7 Å². The number of hydrogen-bond acceptors (Lipinski definition) is 2. The lowest BCUT2D eigenvalue weighted by Crippen LogP contribution is -1.85. The molecule has 0 heterocycles. The Hall–Kier alpha value is 0.790. The smallest absolute Gasteiger partial charge is 0.180 e. The van der Waals surface area contributed by atoms with Crippen molar-refractivity contribution in [3.8, 4) is 0 Å². The van der Waals surface area contributed by atoms with E-state index in [1.54, 1.807) is 13.8 Å². The molecule has 5 heteroatoms. The summed E-state index contributed by atoms with van der Waals surface area (Å²) in [7, 11) is 1.00. The van der Waals surface area contributed by atoms with Crippen LogP contribution in [0.4, 0.5) is 0 Å². The molecule has 2 nitrogen and oxygen atoms in total. The van der Waals surface area contributed by atoms with Crippen molar-refractivity contribution < 1.29 is 10.2 Å². The first-order valence-corrected chi connectivity index (χ1v) is 3.82. The molecule has 0 aliphatic carbocycles. The third kappa shape index (κ3) is 855. The molecule has 0 saturated carbocycles. The summed E-state index contributed by atoms with van der Waals surface area (Å²) in [5.74, 6) is 0. The lowest BCUT2D eigenvalue weighted by atomic mass is 10.5. The van der Waals surface area contributed by atoms with E-state index in [9.17, 15) is 0 Å². The summed E-state index contributed by atoms with van der Waals surface area (Å²) in [5.41, 5.74) is 0. The summed E-state index contributed by atoms with van der Waals surface area (Å²) in [6, 6.07) is 0. The number of rotatable bonds is 0. The van der Waals surface area contributed by atoms with Crippen LogP contribution in [-0.2, 0) is 0 Å². The molecule has 0 aromatic rings. The Morgan fingerprint density at radius 3 is 1.00 bits per heavy atom. The highest BCUT2D eigenvalue weighted by atomic mass is 35.6. The molecule has 0 rings (SSSR count). The van der Waals surface area contributed by atoms with Crippen molar-refractivity contribution in [2.75, 3.05) is 7.11 Å². The maximum absolute atomic E-state index is 8.06. The summed E-state index contributed by atoms with van der Waals surface area (Å²) < 4.78 is -0.750. The van der Waals surface area contributed by atoms with E-state index in [0.29, 0.717) is 0 Å². The summed E-state index contributed by atoms with van der Waals surface area (Å²) in [6.45, 7) is 3.44. The fourth-order valence-electron chi connectivity index (χ4n) is 0. The molecule has 0 aliphatic heterocycles. The molecular formula is C5H13Cl3O2. The molecular weight excluding hydrogens is 198 g/mol. The van der Waals surface area contributed by atoms with Gasteiger partial charge in [-0.1, -0.05) is 34.8 Å². The summed E-state index contributed by atoms with van der Waals surface area (Å²) >= 11 is 14.4. The second-order valence-electron chi connectivity index (χ2n) is 1.34. The summed E-state index contributed by atoms with van der Waals surface area (Å²) in [4.78, 5) is 0. The van der Waals surface area contributed by atoms with Gasteiger partial charge in [0.05, 0.1) is 0 Å². The van der Waals surface area contributed by atoms with Crippen LogP contribution < -0.4 is 0 Å². The van der Waals surface area contributed by atoms with Crippen LogP contribution in [0.2, 0.25) is 0 Å². The third-order valence-electron chi connectivity index (χ3n) is 0. The fourth-order valence-corrected chi connectivity index (χ4v) is 0. The zero-order chi connectivity index (χ0) is 9.15. The van der Waals surface area contributed by atoms with E-state index in [-0.39, 0.29) is 6.10 Å². The quantitative estimate of drug-likeness (QED) is 0.602. The minimum absolute atomic E-state index is 0.167. The van der Waals surface area contributed by atoms with Gasteiger partial charge in [-0.05, 0) is 13.8 Å². The molecule has 66 valence electrons. The highest BCUT2D eigenvalue weighted by Crippen LogP contribution is 2.03. The highest BCUT2D eigenvalue weighted by Gasteiger charge is 1.78. The molecule has 0 amide bonds. The van der Waals surface area contributed by atoms with Gasteiger partial charge in [-0.2, -0.15) is 0 Å². The predicted molar refractivity (Wildman–Crippen MR) is 46.8 cm³/mol. The van der Waals surface area contributed by atoms with Crippen molar-refractivity contribution in [1.29, 1.82) is 0 Å². The molecule has 0 aliphatic rings. The first kappa shape index (κ1) is 17.0. The van der Waals surface area contributed by atoms with Crippen LogP contribution in [0, 0.1) is 0 Å². The number of aliphatic hydroxyl groups is 2. The first-order valence-electron chi connectivity index (χ1n) is 2.51. The monoisotopic (exact) mass is 210 g/mol. The Kier molecular flexibility index (Phi) is 28.0. The largest absolute Gasteiger partial charge is 0.400 e. The molecule has 10 heavy (non-hydrogen) atoms. The topological polar surface area (TPSA) is 40.5 Å². The van der Waals surface area contributed by atoms with Crippen LogP contribution in [0.1, 0.15) is 13.8 Å². The van der Waals surface area contributed by atoms with Gasteiger partial charge in [-0.3, -0.25) is 0 Å². The predicted octanol–water partition coefficient (Wildman–Crippen LogP) is 1.98. The summed E-state index contributed by atoms with van der Waals surface area (Å²) in [5, 5.41) is 15.1. The maximum Gasteiger partial charge on any atom is 0.180 e. The van der Waals surface area contributed by atoms with E-state index >= 15 is 0 Å². The average Bonchev–Trinajstić information content (AvgIpc) is 1.66. The molecule has 0 radical (unpaired) electrons. The Morgan fingerprint density at radius 2 is 1.00 bits per heavy atom. The number of alkyl halides is 3. The molecule has 0 atom stereocenters. The second-order valence-corrected chi connectivity index (χ2v) is 3.32. The minimum atomic E-state index is -0.750. The van der Waals surface area contributed by atoms with Crippen molar-refractivity contribution in [1.82, 2.24) is 0 Å². The van der Waals surface area contributed by atoms with Crippen LogP contribution in [0.3, 0.4) is 0 Å². The van der Waals surface area contributed by atoms with E-state index in [4.69, 9.17) is 45.0 Å². The van der Waals surface area contributed by atoms with E-state index < -0.39 is 4.30 Å². The third-order valence-corrected chi connectivity index (χ3v) is 0. The van der Waals surface area contributed by atoms with Crippen LogP contribution in [0.15, 0.2) is 0 Å². The van der Waals surface area contributed by atoms with Crippen molar-refractivity contribution in [2.24, 2.45) is 0 Å². The van der Waals surface area contributed by atoms with Gasteiger partial charge in [-0.25, -0.2) is 0 Å². The normalized spacial score (nSPS) is 7.80. The molecule has 0 aromatic heterocycles. The lowest BCUT2D eigenvalue weighted by Gasteiger charge is -1.80. The first-order chi connectivity index (χ1) is 4.46. The van der Waals surface area contributed by atoms with E-state index in [2.05, 4.69) is 0 Å². The van der Waals surface area contributed by atoms with Gasteiger partial charge in [0.25, 0.3) is 0 Å². The number of hydrogen-bond donors (Lipinski definition) is 2. The molecule has 0 aromatic carbocycles. The molecule has 0 fully saturated rings. The van der Waals surface area contributed by atoms with Crippen molar-refractivity contribution in [2.45, 2.75) is 24.2 Å². The number of aliphatic hydroxyl groups excluding tert-OH is 2. The van der Waals surface area contributed by atoms with Crippen LogP contribution in [0.5, 0.6) is 0 Å². The summed E-state index contributed by atoms with van der Waals surface area (Å²) in [6.07, 6.45) is -0.167. The van der Waals surface area contributed by atoms with Crippen LogP contribution >= 0.6 is 34.8 Å². The lowest BCUT2D eigenvalue weighted by molar-refractivity contribution is 0.216. The van der Waals surface area contributed by atoms with Gasteiger partial charge >= 0.3 is 0 Å². The molecule has 2 N–H and O–H groups in total. The SMILES string of the molecule is CC(C)O.CO.ClC(Cl)Cl. The van der Waals surface area contributed by atoms with Crippen molar-refractivity contribution in [3.63, 3.8) is 0 Å². The van der Waals surface area contributed by atoms with E-state index in [0.717, 1.165) is 7.11 Å². The zero-order valence-corrected chi connectivity index (χ0v) is 8.45. The molecule has 0 saturated heterocycles. The van der Waals surface area contributed by atoms with E-state index in [1.165, 1.54) is 0 Å². The highest BCUT2D eigenvalue weighted by molar-refractivity contribution is 6.63. The fraction of sp³-hybridized carbons (Fsp3) is 1.00. The Bertz CT molecular complexity index is 30.4. The van der Waals surface area contributed by atoms with Gasteiger partial charge in [-0.15, -0.1) is 0 Å².